The molecule has 0 amide bonds. The lowest BCUT2D eigenvalue weighted by molar-refractivity contribution is 1.49. The van der Waals surface area contributed by atoms with E-state index in [1.807, 2.05) is 18.2 Å². The third-order valence-corrected chi connectivity index (χ3v) is 1.22. The number of hydrogen-bond acceptors (Lipinski definition) is 2. The van der Waals surface area contributed by atoms with Gasteiger partial charge in [-0.15, -0.1) is 0 Å². The van der Waals surface area contributed by atoms with Crippen LogP contribution in [0.4, 0.5) is 0 Å². The summed E-state index contributed by atoms with van der Waals surface area (Å²) in [5, 5.41) is 14.1. The Labute approximate surface area is 59.6 Å². The van der Waals surface area contributed by atoms with E-state index in [4.69, 9.17) is 10.8 Å². The minimum absolute atomic E-state index is 0.464. The lowest BCUT2D eigenvalue weighted by atomic mass is 10.1. The lowest BCUT2D eigenvalue weighted by Gasteiger charge is -2.00. The van der Waals surface area contributed by atoms with Crippen LogP contribution >= 0.6 is 0 Å². The summed E-state index contributed by atoms with van der Waals surface area (Å²) in [5.74, 6) is 0. The molecular formula is C8H8N2. The Balaban J connectivity index is 2.90. The summed E-state index contributed by atoms with van der Waals surface area (Å²) in [4.78, 5) is 0. The highest BCUT2D eigenvalue weighted by atomic mass is 14.4. The van der Waals surface area contributed by atoms with E-state index >= 15 is 0 Å². The van der Waals surface area contributed by atoms with Crippen molar-refractivity contribution in [2.24, 2.45) is 0 Å². The molecule has 0 aliphatic heterocycles. The standard InChI is InChI=1S/C8H8N2/c9-6-5-7-3-1-2-4-8(7)10/h1-6,9-10H/b7-5-,9-6?,10-8?. The second kappa shape index (κ2) is 2.92. The van der Waals surface area contributed by atoms with Crippen LogP contribution in [0.15, 0.2) is 36.0 Å². The second-order valence-corrected chi connectivity index (χ2v) is 1.92. The molecule has 0 aromatic heterocycles. The van der Waals surface area contributed by atoms with Crippen LogP contribution in [0.1, 0.15) is 0 Å². The van der Waals surface area contributed by atoms with Gasteiger partial charge in [-0.25, -0.2) is 0 Å². The fraction of sp³-hybridized carbons (Fsp3) is 0. The summed E-state index contributed by atoms with van der Waals surface area (Å²) in [6.45, 7) is 0. The van der Waals surface area contributed by atoms with Crippen LogP contribution in [0, 0.1) is 10.8 Å². The number of allylic oxidation sites excluding steroid dienone is 6. The summed E-state index contributed by atoms with van der Waals surface area (Å²) in [5.41, 5.74) is 1.25. The number of nitrogens with one attached hydrogen (secondary N) is 2. The molecule has 0 atom stereocenters. The predicted molar refractivity (Wildman–Crippen MR) is 42.9 cm³/mol. The van der Waals surface area contributed by atoms with Crippen LogP contribution in [0.2, 0.25) is 0 Å². The van der Waals surface area contributed by atoms with E-state index in [2.05, 4.69) is 0 Å². The van der Waals surface area contributed by atoms with Gasteiger partial charge in [0.1, 0.15) is 0 Å². The Bertz CT molecular complexity index is 244. The molecule has 0 heterocycles. The summed E-state index contributed by atoms with van der Waals surface area (Å²) < 4.78 is 0. The molecule has 10 heavy (non-hydrogen) atoms. The van der Waals surface area contributed by atoms with Crippen LogP contribution in [-0.4, -0.2) is 11.9 Å². The summed E-state index contributed by atoms with van der Waals surface area (Å²) in [6.07, 6.45) is 9.97. The highest BCUT2D eigenvalue weighted by Gasteiger charge is 1.97. The first kappa shape index (κ1) is 6.68. The van der Waals surface area contributed by atoms with Crippen molar-refractivity contribution in [3.63, 3.8) is 0 Å². The molecule has 0 radical (unpaired) electrons. The van der Waals surface area contributed by atoms with Crippen LogP contribution < -0.4 is 0 Å². The minimum Gasteiger partial charge on any atom is -0.309 e. The molecule has 0 bridgehead atoms. The van der Waals surface area contributed by atoms with E-state index in [0.29, 0.717) is 5.71 Å². The third kappa shape index (κ3) is 1.29. The van der Waals surface area contributed by atoms with E-state index in [-0.39, 0.29) is 0 Å². The maximum Gasteiger partial charge on any atom is 0.0612 e. The normalized spacial score (nSPS) is 20.0. The third-order valence-electron chi connectivity index (χ3n) is 1.22. The van der Waals surface area contributed by atoms with Gasteiger partial charge in [-0.2, -0.15) is 0 Å². The molecule has 0 unspecified atom stereocenters. The smallest absolute Gasteiger partial charge is 0.0612 e. The topological polar surface area (TPSA) is 47.7 Å². The molecule has 0 saturated carbocycles. The van der Waals surface area contributed by atoms with Crippen molar-refractivity contribution in [2.75, 3.05) is 0 Å². The first-order valence-corrected chi connectivity index (χ1v) is 2.99. The second-order valence-electron chi connectivity index (χ2n) is 1.92. The van der Waals surface area contributed by atoms with Crippen LogP contribution in [0.5, 0.6) is 0 Å². The molecule has 2 N–H and O–H groups in total. The van der Waals surface area contributed by atoms with Crippen molar-refractivity contribution in [1.82, 2.24) is 0 Å². The predicted octanol–water partition coefficient (Wildman–Crippen LogP) is 1.71. The van der Waals surface area contributed by atoms with Crippen LogP contribution in [0.25, 0.3) is 0 Å². The summed E-state index contributed by atoms with van der Waals surface area (Å²) in [7, 11) is 0. The van der Waals surface area contributed by atoms with Gasteiger partial charge in [0.05, 0.1) is 5.71 Å². The van der Waals surface area contributed by atoms with E-state index in [0.717, 1.165) is 5.57 Å². The molecule has 1 aliphatic carbocycles. The molecule has 0 aromatic rings. The van der Waals surface area contributed by atoms with Crippen molar-refractivity contribution >= 4 is 11.9 Å². The maximum atomic E-state index is 7.34. The van der Waals surface area contributed by atoms with Crippen molar-refractivity contribution < 1.29 is 0 Å². The summed E-state index contributed by atoms with van der Waals surface area (Å²) >= 11 is 0. The zero-order chi connectivity index (χ0) is 7.40. The largest absolute Gasteiger partial charge is 0.309 e. The van der Waals surface area contributed by atoms with Crippen molar-refractivity contribution in [1.29, 1.82) is 10.8 Å². The molecule has 1 rings (SSSR count). The first-order valence-electron chi connectivity index (χ1n) is 2.99. The van der Waals surface area contributed by atoms with Crippen LogP contribution in [0.3, 0.4) is 0 Å². The van der Waals surface area contributed by atoms with E-state index in [1.165, 1.54) is 6.21 Å². The first-order chi connectivity index (χ1) is 4.84. The van der Waals surface area contributed by atoms with E-state index in [1.54, 1.807) is 12.2 Å². The van der Waals surface area contributed by atoms with Gasteiger partial charge < -0.3 is 10.8 Å². The van der Waals surface area contributed by atoms with E-state index < -0.39 is 0 Å². The van der Waals surface area contributed by atoms with E-state index in [9.17, 15) is 0 Å². The Morgan fingerprint density at radius 1 is 1.20 bits per heavy atom. The van der Waals surface area contributed by atoms with Gasteiger partial charge >= 0.3 is 0 Å². The molecule has 0 fully saturated rings. The minimum atomic E-state index is 0.464. The molecule has 0 spiro atoms. The van der Waals surface area contributed by atoms with Gasteiger partial charge in [-0.05, 0) is 12.2 Å². The van der Waals surface area contributed by atoms with Gasteiger partial charge in [0.25, 0.3) is 0 Å². The SMILES string of the molecule is N=C/C=C1/C=CC=CC1=N. The molecule has 2 nitrogen and oxygen atoms in total. The monoisotopic (exact) mass is 132 g/mol. The van der Waals surface area contributed by atoms with Crippen LogP contribution in [-0.2, 0) is 0 Å². The molecule has 0 saturated heterocycles. The highest BCUT2D eigenvalue weighted by Crippen LogP contribution is 2.04. The van der Waals surface area contributed by atoms with Gasteiger partial charge in [0.15, 0.2) is 0 Å². The Morgan fingerprint density at radius 2 is 1.90 bits per heavy atom. The Kier molecular flexibility index (Phi) is 1.95. The highest BCUT2D eigenvalue weighted by molar-refractivity contribution is 6.11. The fourth-order valence-electron chi connectivity index (χ4n) is 0.732. The van der Waals surface area contributed by atoms with Crippen molar-refractivity contribution in [3.05, 3.63) is 36.0 Å². The van der Waals surface area contributed by atoms with Gasteiger partial charge in [-0.3, -0.25) is 0 Å². The zero-order valence-electron chi connectivity index (χ0n) is 5.46. The van der Waals surface area contributed by atoms with Gasteiger partial charge in [0, 0.05) is 11.8 Å². The fourth-order valence-corrected chi connectivity index (χ4v) is 0.732. The average Bonchev–Trinajstić information content (AvgIpc) is 1.94. The number of rotatable bonds is 1. The molecule has 0 aromatic carbocycles. The Hall–Kier alpha value is -1.44. The van der Waals surface area contributed by atoms with Crippen molar-refractivity contribution in [2.45, 2.75) is 0 Å². The zero-order valence-corrected chi connectivity index (χ0v) is 5.46. The molecule has 2 heteroatoms. The van der Waals surface area contributed by atoms with Gasteiger partial charge in [0.2, 0.25) is 0 Å². The van der Waals surface area contributed by atoms with Crippen molar-refractivity contribution in [3.8, 4) is 0 Å². The average molecular weight is 132 g/mol. The maximum absolute atomic E-state index is 7.34. The lowest BCUT2D eigenvalue weighted by Crippen LogP contribution is -1.97. The summed E-state index contributed by atoms with van der Waals surface area (Å²) in [6, 6.07) is 0. The molecular weight excluding hydrogens is 124 g/mol. The van der Waals surface area contributed by atoms with Gasteiger partial charge in [-0.1, -0.05) is 18.2 Å². The number of hydrogen-bond donors (Lipinski definition) is 2. The molecule has 50 valence electrons. The quantitative estimate of drug-likeness (QED) is 0.510. The molecule has 1 aliphatic rings. The Morgan fingerprint density at radius 3 is 2.50 bits per heavy atom.